The van der Waals surface area contributed by atoms with Gasteiger partial charge >= 0.3 is 6.18 Å². The van der Waals surface area contributed by atoms with Crippen molar-refractivity contribution in [2.45, 2.75) is 18.6 Å². The van der Waals surface area contributed by atoms with Crippen LogP contribution in [0.25, 0.3) is 11.4 Å². The third kappa shape index (κ3) is 5.59. The Morgan fingerprint density at radius 2 is 1.64 bits per heavy atom. The molecule has 4 aromatic rings. The van der Waals surface area contributed by atoms with Crippen molar-refractivity contribution in [1.29, 1.82) is 0 Å². The van der Waals surface area contributed by atoms with Gasteiger partial charge in [-0.3, -0.25) is 4.79 Å². The maximum atomic E-state index is 12.8. The van der Waals surface area contributed by atoms with Crippen LogP contribution in [0, 0.1) is 0 Å². The molecule has 9 heteroatoms. The van der Waals surface area contributed by atoms with E-state index in [9.17, 15) is 18.0 Å². The van der Waals surface area contributed by atoms with Crippen LogP contribution in [0.15, 0.2) is 83.4 Å². The zero-order valence-corrected chi connectivity index (χ0v) is 17.8. The zero-order chi connectivity index (χ0) is 23.4. The fourth-order valence-corrected chi connectivity index (χ4v) is 3.32. The number of amides is 1. The van der Waals surface area contributed by atoms with Crippen LogP contribution in [0.3, 0.4) is 0 Å². The van der Waals surface area contributed by atoms with Gasteiger partial charge in [0.2, 0.25) is 11.7 Å². The Hall–Kier alpha value is -3.65. The molecule has 1 aromatic heterocycles. The van der Waals surface area contributed by atoms with Gasteiger partial charge in [0.15, 0.2) is 0 Å². The second-order valence-corrected chi connectivity index (χ2v) is 7.69. The SMILES string of the molecule is O=C(NC(Cc1ccccc1)c1nc(-c2ccc(Cl)cc2)no1)c1ccc(C(F)(F)F)cc1. The first kappa shape index (κ1) is 22.5. The highest BCUT2D eigenvalue weighted by molar-refractivity contribution is 6.30. The smallest absolute Gasteiger partial charge is 0.340 e. The molecule has 0 aliphatic rings. The fraction of sp³-hybridized carbons (Fsp3) is 0.125. The van der Waals surface area contributed by atoms with Crippen LogP contribution in [0.2, 0.25) is 5.02 Å². The Labute approximate surface area is 192 Å². The Bertz CT molecular complexity index is 1220. The van der Waals surface area contributed by atoms with E-state index in [2.05, 4.69) is 15.5 Å². The fourth-order valence-electron chi connectivity index (χ4n) is 3.19. The molecule has 0 fully saturated rings. The number of hydrogen-bond acceptors (Lipinski definition) is 4. The van der Waals surface area contributed by atoms with Gasteiger partial charge in [-0.25, -0.2) is 0 Å². The number of carbonyl (C=O) groups excluding carboxylic acids is 1. The first-order chi connectivity index (χ1) is 15.8. The Kier molecular flexibility index (Phi) is 6.46. The molecule has 0 radical (unpaired) electrons. The van der Waals surface area contributed by atoms with Gasteiger partial charge in [-0.1, -0.05) is 47.1 Å². The van der Waals surface area contributed by atoms with Crippen molar-refractivity contribution in [2.75, 3.05) is 0 Å². The zero-order valence-electron chi connectivity index (χ0n) is 17.0. The molecule has 1 unspecified atom stereocenters. The first-order valence-electron chi connectivity index (χ1n) is 9.91. The number of alkyl halides is 3. The standard InChI is InChI=1S/C24H17ClF3N3O2/c25-19-12-8-16(9-13-19)21-30-23(33-31-21)20(14-15-4-2-1-3-5-15)29-22(32)17-6-10-18(11-7-17)24(26,27)28/h1-13,20H,14H2,(H,29,32). The van der Waals surface area contributed by atoms with Crippen molar-refractivity contribution in [3.8, 4) is 11.4 Å². The van der Waals surface area contributed by atoms with Crippen molar-refractivity contribution in [3.63, 3.8) is 0 Å². The highest BCUT2D eigenvalue weighted by Gasteiger charge is 2.30. The molecule has 0 bridgehead atoms. The van der Waals surface area contributed by atoms with Crippen LogP contribution >= 0.6 is 11.6 Å². The van der Waals surface area contributed by atoms with E-state index in [1.807, 2.05) is 30.3 Å². The third-order valence-corrected chi connectivity index (χ3v) is 5.16. The molecule has 1 atom stereocenters. The van der Waals surface area contributed by atoms with E-state index in [0.29, 0.717) is 22.8 Å². The van der Waals surface area contributed by atoms with E-state index < -0.39 is 23.7 Å². The predicted molar refractivity (Wildman–Crippen MR) is 117 cm³/mol. The lowest BCUT2D eigenvalue weighted by Crippen LogP contribution is -2.30. The number of carbonyl (C=O) groups is 1. The molecule has 1 N–H and O–H groups in total. The van der Waals surface area contributed by atoms with E-state index in [-0.39, 0.29) is 11.5 Å². The number of rotatable bonds is 6. The van der Waals surface area contributed by atoms with Crippen molar-refractivity contribution in [3.05, 3.63) is 106 Å². The molecule has 3 aromatic carbocycles. The van der Waals surface area contributed by atoms with Gasteiger partial charge < -0.3 is 9.84 Å². The largest absolute Gasteiger partial charge is 0.416 e. The maximum Gasteiger partial charge on any atom is 0.416 e. The van der Waals surface area contributed by atoms with Gasteiger partial charge in [-0.05, 0) is 54.1 Å². The first-order valence-corrected chi connectivity index (χ1v) is 10.3. The van der Waals surface area contributed by atoms with E-state index >= 15 is 0 Å². The lowest BCUT2D eigenvalue weighted by atomic mass is 10.0. The van der Waals surface area contributed by atoms with Gasteiger partial charge in [0.25, 0.3) is 5.91 Å². The number of halogens is 4. The lowest BCUT2D eigenvalue weighted by molar-refractivity contribution is -0.137. The molecule has 168 valence electrons. The average Bonchev–Trinajstić information content (AvgIpc) is 3.29. The quantitative estimate of drug-likeness (QED) is 0.367. The van der Waals surface area contributed by atoms with E-state index in [0.717, 1.165) is 29.8 Å². The van der Waals surface area contributed by atoms with Crippen LogP contribution in [0.4, 0.5) is 13.2 Å². The molecule has 0 saturated carbocycles. The van der Waals surface area contributed by atoms with E-state index in [4.69, 9.17) is 16.1 Å². The van der Waals surface area contributed by atoms with Crippen LogP contribution in [0.1, 0.15) is 33.4 Å². The van der Waals surface area contributed by atoms with Crippen LogP contribution in [-0.4, -0.2) is 16.0 Å². The minimum absolute atomic E-state index is 0.0819. The Morgan fingerprint density at radius 1 is 0.970 bits per heavy atom. The molecular formula is C24H17ClF3N3O2. The number of nitrogens with one attached hydrogen (secondary N) is 1. The molecule has 1 amide bonds. The minimum atomic E-state index is -4.48. The number of aromatic nitrogens is 2. The molecule has 0 spiro atoms. The summed E-state index contributed by atoms with van der Waals surface area (Å²) >= 11 is 5.92. The monoisotopic (exact) mass is 471 g/mol. The second kappa shape index (κ2) is 9.46. The Balaban J connectivity index is 1.59. The summed E-state index contributed by atoms with van der Waals surface area (Å²) in [5.41, 5.74) is 0.839. The van der Waals surface area contributed by atoms with Gasteiger partial charge in [-0.15, -0.1) is 0 Å². The van der Waals surface area contributed by atoms with Crippen molar-refractivity contribution < 1.29 is 22.5 Å². The van der Waals surface area contributed by atoms with Crippen molar-refractivity contribution >= 4 is 17.5 Å². The molecule has 0 saturated heterocycles. The van der Waals surface area contributed by atoms with Gasteiger partial charge in [0.1, 0.15) is 6.04 Å². The van der Waals surface area contributed by atoms with E-state index in [1.165, 1.54) is 0 Å². The topological polar surface area (TPSA) is 68.0 Å². The highest BCUT2D eigenvalue weighted by atomic mass is 35.5. The molecule has 0 aliphatic carbocycles. The number of benzene rings is 3. The molecule has 33 heavy (non-hydrogen) atoms. The summed E-state index contributed by atoms with van der Waals surface area (Å²) in [6.07, 6.45) is -4.14. The normalized spacial score (nSPS) is 12.4. The molecule has 1 heterocycles. The highest BCUT2D eigenvalue weighted by Crippen LogP contribution is 2.29. The number of hydrogen-bond donors (Lipinski definition) is 1. The summed E-state index contributed by atoms with van der Waals surface area (Å²) in [5.74, 6) is -0.0662. The summed E-state index contributed by atoms with van der Waals surface area (Å²) in [7, 11) is 0. The average molecular weight is 472 g/mol. The summed E-state index contributed by atoms with van der Waals surface area (Å²) in [5, 5.41) is 7.35. The molecule has 4 rings (SSSR count). The molecule has 5 nitrogen and oxygen atoms in total. The van der Waals surface area contributed by atoms with Gasteiger partial charge in [0, 0.05) is 22.6 Å². The molecule has 0 aliphatic heterocycles. The minimum Gasteiger partial charge on any atom is -0.340 e. The maximum absolute atomic E-state index is 12.8. The van der Waals surface area contributed by atoms with Gasteiger partial charge in [-0.2, -0.15) is 18.2 Å². The third-order valence-electron chi connectivity index (χ3n) is 4.90. The van der Waals surface area contributed by atoms with Crippen molar-refractivity contribution in [2.24, 2.45) is 0 Å². The Morgan fingerprint density at radius 3 is 2.27 bits per heavy atom. The number of nitrogens with zero attached hydrogens (tertiary/aromatic N) is 2. The van der Waals surface area contributed by atoms with Crippen LogP contribution in [-0.2, 0) is 12.6 Å². The van der Waals surface area contributed by atoms with Crippen molar-refractivity contribution in [1.82, 2.24) is 15.5 Å². The van der Waals surface area contributed by atoms with E-state index in [1.54, 1.807) is 24.3 Å². The second-order valence-electron chi connectivity index (χ2n) is 7.25. The van der Waals surface area contributed by atoms with Crippen LogP contribution < -0.4 is 5.32 Å². The predicted octanol–water partition coefficient (Wildman–Crippen LogP) is 6.12. The van der Waals surface area contributed by atoms with Gasteiger partial charge in [0.05, 0.1) is 5.56 Å². The summed E-state index contributed by atoms with van der Waals surface area (Å²) < 4.78 is 43.9. The summed E-state index contributed by atoms with van der Waals surface area (Å²) in [6, 6.07) is 19.5. The van der Waals surface area contributed by atoms with Crippen LogP contribution in [0.5, 0.6) is 0 Å². The lowest BCUT2D eigenvalue weighted by Gasteiger charge is -2.16. The summed E-state index contributed by atoms with van der Waals surface area (Å²) in [6.45, 7) is 0. The summed E-state index contributed by atoms with van der Waals surface area (Å²) in [4.78, 5) is 17.2. The molecular weight excluding hydrogens is 455 g/mol.